The van der Waals surface area contributed by atoms with Gasteiger partial charge in [0, 0.05) is 12.6 Å². The number of rotatable bonds is 4. The summed E-state index contributed by atoms with van der Waals surface area (Å²) < 4.78 is 1.41. The first-order valence-electron chi connectivity index (χ1n) is 5.40. The number of aromatic nitrogens is 1. The van der Waals surface area contributed by atoms with E-state index in [1.165, 1.54) is 16.7 Å². The predicted octanol–water partition coefficient (Wildman–Crippen LogP) is 1.90. The van der Waals surface area contributed by atoms with Gasteiger partial charge < -0.3 is 4.57 Å². The Morgan fingerprint density at radius 2 is 1.67 bits per heavy atom. The molecule has 1 aromatic carbocycles. The lowest BCUT2D eigenvalue weighted by Gasteiger charge is -2.03. The van der Waals surface area contributed by atoms with Crippen LogP contribution in [0.4, 0.5) is 0 Å². The minimum Gasteiger partial charge on any atom is -0.339 e. The minimum absolute atomic E-state index is 0.214. The maximum atomic E-state index is 12.0. The number of hydrogen-bond donors (Lipinski definition) is 0. The highest BCUT2D eigenvalue weighted by Gasteiger charge is 2.21. The third kappa shape index (κ3) is 2.00. The fourth-order valence-electron chi connectivity index (χ4n) is 1.71. The van der Waals surface area contributed by atoms with Gasteiger partial charge in [-0.05, 0) is 12.1 Å². The molecule has 0 radical (unpaired) electrons. The molecule has 0 saturated heterocycles. The molecule has 0 saturated carbocycles. The van der Waals surface area contributed by atoms with Crippen LogP contribution < -0.4 is 0 Å². The van der Waals surface area contributed by atoms with E-state index in [0.717, 1.165) is 0 Å². The van der Waals surface area contributed by atoms with E-state index in [1.54, 1.807) is 37.4 Å². The van der Waals surface area contributed by atoms with Gasteiger partial charge in [0.1, 0.15) is 0 Å². The van der Waals surface area contributed by atoms with Gasteiger partial charge in [-0.3, -0.25) is 14.4 Å². The van der Waals surface area contributed by atoms with Gasteiger partial charge in [0.05, 0.1) is 11.4 Å². The zero-order valence-electron chi connectivity index (χ0n) is 9.79. The van der Waals surface area contributed by atoms with Crippen LogP contribution in [0.25, 0.3) is 0 Å². The van der Waals surface area contributed by atoms with Crippen molar-refractivity contribution in [3.8, 4) is 0 Å². The molecule has 90 valence electrons. The topological polar surface area (TPSA) is 56.1 Å². The standard InChI is InChI=1S/C14H11NO3/c1-15-11(9-16)7-8-12(15)14(18)13(17)10-5-3-2-4-6-10/h2-9H,1H3. The number of carbonyl (C=O) groups is 3. The molecular weight excluding hydrogens is 230 g/mol. The van der Waals surface area contributed by atoms with Crippen molar-refractivity contribution in [1.82, 2.24) is 4.57 Å². The Hall–Kier alpha value is -2.49. The average Bonchev–Trinajstić information content (AvgIpc) is 2.79. The van der Waals surface area contributed by atoms with Crippen LogP contribution in [-0.4, -0.2) is 22.4 Å². The lowest BCUT2D eigenvalue weighted by Crippen LogP contribution is -2.18. The van der Waals surface area contributed by atoms with Crippen molar-refractivity contribution >= 4 is 17.9 Å². The van der Waals surface area contributed by atoms with Gasteiger partial charge in [-0.15, -0.1) is 0 Å². The first-order valence-corrected chi connectivity index (χ1v) is 5.40. The van der Waals surface area contributed by atoms with Crippen molar-refractivity contribution < 1.29 is 14.4 Å². The van der Waals surface area contributed by atoms with E-state index in [-0.39, 0.29) is 5.69 Å². The molecule has 0 spiro atoms. The minimum atomic E-state index is -0.614. The van der Waals surface area contributed by atoms with Crippen LogP contribution in [0.5, 0.6) is 0 Å². The summed E-state index contributed by atoms with van der Waals surface area (Å²) in [5.41, 5.74) is 0.918. The molecule has 0 aliphatic carbocycles. The van der Waals surface area contributed by atoms with Crippen molar-refractivity contribution in [2.75, 3.05) is 0 Å². The van der Waals surface area contributed by atoms with Crippen molar-refractivity contribution in [2.24, 2.45) is 7.05 Å². The Morgan fingerprint density at radius 1 is 1.00 bits per heavy atom. The fourth-order valence-corrected chi connectivity index (χ4v) is 1.71. The summed E-state index contributed by atoms with van der Waals surface area (Å²) in [6.45, 7) is 0. The molecule has 2 rings (SSSR count). The second-order valence-electron chi connectivity index (χ2n) is 3.84. The Labute approximate surface area is 104 Å². The molecule has 0 amide bonds. The van der Waals surface area contributed by atoms with E-state index in [2.05, 4.69) is 0 Å². The molecule has 0 fully saturated rings. The highest BCUT2D eigenvalue weighted by molar-refractivity contribution is 6.48. The third-order valence-corrected chi connectivity index (χ3v) is 2.76. The summed E-state index contributed by atoms with van der Waals surface area (Å²) >= 11 is 0. The number of ketones is 2. The highest BCUT2D eigenvalue weighted by Crippen LogP contribution is 2.10. The van der Waals surface area contributed by atoms with Crippen LogP contribution in [0.2, 0.25) is 0 Å². The molecule has 1 aromatic heterocycles. The number of benzene rings is 1. The van der Waals surface area contributed by atoms with Crippen LogP contribution in [0.3, 0.4) is 0 Å². The number of hydrogen-bond acceptors (Lipinski definition) is 3. The van der Waals surface area contributed by atoms with Crippen LogP contribution in [0.15, 0.2) is 42.5 Å². The van der Waals surface area contributed by atoms with Gasteiger partial charge in [0.2, 0.25) is 11.6 Å². The predicted molar refractivity (Wildman–Crippen MR) is 65.9 cm³/mol. The van der Waals surface area contributed by atoms with Crippen molar-refractivity contribution in [1.29, 1.82) is 0 Å². The molecule has 0 N–H and O–H groups in total. The Balaban J connectivity index is 2.35. The summed E-state index contributed by atoms with van der Waals surface area (Å²) in [4.78, 5) is 34.6. The molecule has 0 aliphatic rings. The Bertz CT molecular complexity index is 611. The molecule has 0 aliphatic heterocycles. The monoisotopic (exact) mass is 241 g/mol. The maximum absolute atomic E-state index is 12.0. The van der Waals surface area contributed by atoms with Crippen molar-refractivity contribution in [2.45, 2.75) is 0 Å². The number of Topliss-reactive ketones (excluding diaryl/α,β-unsaturated/α-hetero) is 2. The normalized spacial score (nSPS) is 10.1. The van der Waals surface area contributed by atoms with Gasteiger partial charge in [0.25, 0.3) is 0 Å². The van der Waals surface area contributed by atoms with Crippen LogP contribution >= 0.6 is 0 Å². The Morgan fingerprint density at radius 3 is 2.22 bits per heavy atom. The van der Waals surface area contributed by atoms with Crippen molar-refractivity contribution in [3.05, 3.63) is 59.4 Å². The lowest BCUT2D eigenvalue weighted by molar-refractivity contribution is 0.0812. The van der Waals surface area contributed by atoms with Gasteiger partial charge in [0.15, 0.2) is 6.29 Å². The van der Waals surface area contributed by atoms with E-state index in [4.69, 9.17) is 0 Å². The van der Waals surface area contributed by atoms with Crippen LogP contribution in [-0.2, 0) is 7.05 Å². The van der Waals surface area contributed by atoms with Crippen LogP contribution in [0, 0.1) is 0 Å². The molecule has 0 atom stereocenters. The van der Waals surface area contributed by atoms with Gasteiger partial charge in [-0.2, -0.15) is 0 Å². The van der Waals surface area contributed by atoms with Gasteiger partial charge >= 0.3 is 0 Å². The quantitative estimate of drug-likeness (QED) is 0.466. The molecule has 0 bridgehead atoms. The summed E-state index contributed by atoms with van der Waals surface area (Å²) in [5, 5.41) is 0. The lowest BCUT2D eigenvalue weighted by atomic mass is 10.1. The summed E-state index contributed by atoms with van der Waals surface area (Å²) in [6, 6.07) is 11.3. The molecule has 1 heterocycles. The van der Waals surface area contributed by atoms with E-state index >= 15 is 0 Å². The van der Waals surface area contributed by atoms with Gasteiger partial charge in [-0.1, -0.05) is 30.3 Å². The number of aldehydes is 1. The first-order chi connectivity index (χ1) is 8.65. The van der Waals surface area contributed by atoms with E-state index in [1.807, 2.05) is 0 Å². The largest absolute Gasteiger partial charge is 0.339 e. The molecule has 4 heteroatoms. The van der Waals surface area contributed by atoms with Crippen molar-refractivity contribution in [3.63, 3.8) is 0 Å². The third-order valence-electron chi connectivity index (χ3n) is 2.76. The summed E-state index contributed by atoms with van der Waals surface area (Å²) in [5.74, 6) is -1.19. The molecule has 4 nitrogen and oxygen atoms in total. The first kappa shape index (κ1) is 12.0. The zero-order valence-corrected chi connectivity index (χ0v) is 9.79. The van der Waals surface area contributed by atoms with Crippen LogP contribution in [0.1, 0.15) is 31.3 Å². The summed E-state index contributed by atoms with van der Waals surface area (Å²) in [7, 11) is 1.58. The smallest absolute Gasteiger partial charge is 0.249 e. The Kier molecular flexibility index (Phi) is 3.19. The summed E-state index contributed by atoms with van der Waals surface area (Å²) in [6.07, 6.45) is 0.643. The number of carbonyl (C=O) groups excluding carboxylic acids is 3. The number of nitrogens with zero attached hydrogens (tertiary/aromatic N) is 1. The van der Waals surface area contributed by atoms with E-state index in [9.17, 15) is 14.4 Å². The maximum Gasteiger partial charge on any atom is 0.249 e. The second kappa shape index (κ2) is 4.79. The fraction of sp³-hybridized carbons (Fsp3) is 0.0714. The second-order valence-corrected chi connectivity index (χ2v) is 3.84. The molecule has 18 heavy (non-hydrogen) atoms. The zero-order chi connectivity index (χ0) is 13.1. The average molecular weight is 241 g/mol. The van der Waals surface area contributed by atoms with E-state index < -0.39 is 11.6 Å². The highest BCUT2D eigenvalue weighted by atomic mass is 16.2. The molecule has 0 unspecified atom stereocenters. The van der Waals surface area contributed by atoms with E-state index in [0.29, 0.717) is 17.5 Å². The SMILES string of the molecule is Cn1c(C=O)ccc1C(=O)C(=O)c1ccccc1. The molecule has 2 aromatic rings. The van der Waals surface area contributed by atoms with Gasteiger partial charge in [-0.25, -0.2) is 0 Å². The molecular formula is C14H11NO3.